The molecule has 1 N–H and O–H groups in total. The summed E-state index contributed by atoms with van der Waals surface area (Å²) in [6.45, 7) is 3.69. The van der Waals surface area contributed by atoms with Crippen molar-refractivity contribution in [2.24, 2.45) is 0 Å². The van der Waals surface area contributed by atoms with Crippen LogP contribution >= 0.6 is 22.9 Å². The van der Waals surface area contributed by atoms with E-state index in [1.807, 2.05) is 12.1 Å². The van der Waals surface area contributed by atoms with E-state index >= 15 is 0 Å². The highest BCUT2D eigenvalue weighted by molar-refractivity contribution is 7.17. The molecule has 1 saturated heterocycles. The SMILES string of the molecule is O=C(NCC(c1ccco1)N1CCN(c2ccc(F)cc2)CC1)c1ccc(Cl)s1. The highest BCUT2D eigenvalue weighted by atomic mass is 35.5. The molecule has 3 aromatic rings. The summed E-state index contributed by atoms with van der Waals surface area (Å²) < 4.78 is 19.4. The molecule has 1 amide bonds. The number of halogens is 2. The fourth-order valence-corrected chi connectivity index (χ4v) is 4.51. The zero-order valence-electron chi connectivity index (χ0n) is 15.7. The number of rotatable bonds is 6. The highest BCUT2D eigenvalue weighted by Crippen LogP contribution is 2.25. The molecule has 0 radical (unpaired) electrons. The molecule has 0 bridgehead atoms. The number of furan rings is 1. The molecule has 5 nitrogen and oxygen atoms in total. The maximum absolute atomic E-state index is 13.2. The van der Waals surface area contributed by atoms with Gasteiger partial charge in [0.15, 0.2) is 0 Å². The highest BCUT2D eigenvalue weighted by Gasteiger charge is 2.27. The summed E-state index contributed by atoms with van der Waals surface area (Å²) in [7, 11) is 0. The number of carbonyl (C=O) groups is 1. The van der Waals surface area contributed by atoms with Crippen LogP contribution in [0.1, 0.15) is 21.5 Å². The van der Waals surface area contributed by atoms with Crippen molar-refractivity contribution in [3.8, 4) is 0 Å². The van der Waals surface area contributed by atoms with Gasteiger partial charge in [0.1, 0.15) is 11.6 Å². The van der Waals surface area contributed by atoms with Crippen LogP contribution in [0.3, 0.4) is 0 Å². The van der Waals surface area contributed by atoms with Crippen LogP contribution in [0.15, 0.2) is 59.2 Å². The van der Waals surface area contributed by atoms with Crippen LogP contribution in [-0.2, 0) is 0 Å². The van der Waals surface area contributed by atoms with Crippen molar-refractivity contribution in [3.63, 3.8) is 0 Å². The van der Waals surface area contributed by atoms with E-state index in [-0.39, 0.29) is 17.8 Å². The lowest BCUT2D eigenvalue weighted by Crippen LogP contribution is -2.49. The number of benzene rings is 1. The van der Waals surface area contributed by atoms with Gasteiger partial charge in [-0.05, 0) is 48.5 Å². The van der Waals surface area contributed by atoms with Crippen LogP contribution in [0.2, 0.25) is 4.34 Å². The summed E-state index contributed by atoms with van der Waals surface area (Å²) in [6, 6.07) is 13.8. The third-order valence-electron chi connectivity index (χ3n) is 5.07. The van der Waals surface area contributed by atoms with Crippen LogP contribution in [-0.4, -0.2) is 43.5 Å². The van der Waals surface area contributed by atoms with Crippen molar-refractivity contribution >= 4 is 34.5 Å². The number of carbonyl (C=O) groups excluding carboxylic acids is 1. The van der Waals surface area contributed by atoms with E-state index in [2.05, 4.69) is 15.1 Å². The minimum atomic E-state index is -0.229. The quantitative estimate of drug-likeness (QED) is 0.625. The zero-order valence-corrected chi connectivity index (χ0v) is 17.3. The first-order chi connectivity index (χ1) is 14.1. The van der Waals surface area contributed by atoms with Gasteiger partial charge in [0, 0.05) is 38.4 Å². The van der Waals surface area contributed by atoms with Gasteiger partial charge in [0.05, 0.1) is 21.5 Å². The fraction of sp³-hybridized carbons (Fsp3) is 0.286. The average Bonchev–Trinajstić information content (AvgIpc) is 3.41. The summed E-state index contributed by atoms with van der Waals surface area (Å²) in [5, 5.41) is 3.00. The van der Waals surface area contributed by atoms with E-state index in [1.54, 1.807) is 30.5 Å². The Labute approximate surface area is 177 Å². The minimum absolute atomic E-state index is 0.0558. The van der Waals surface area contributed by atoms with Gasteiger partial charge in [-0.3, -0.25) is 9.69 Å². The summed E-state index contributed by atoms with van der Waals surface area (Å²) >= 11 is 7.20. The number of amides is 1. The van der Waals surface area contributed by atoms with Gasteiger partial charge in [-0.1, -0.05) is 11.6 Å². The molecular formula is C21H21ClFN3O2S. The first kappa shape index (κ1) is 19.9. The number of anilines is 1. The second kappa shape index (κ2) is 8.98. The van der Waals surface area contributed by atoms with Gasteiger partial charge in [0.2, 0.25) is 0 Å². The van der Waals surface area contributed by atoms with Crippen LogP contribution in [0, 0.1) is 5.82 Å². The van der Waals surface area contributed by atoms with Crippen LogP contribution < -0.4 is 10.2 Å². The molecule has 2 aromatic heterocycles. The molecular weight excluding hydrogens is 413 g/mol. The molecule has 4 rings (SSSR count). The first-order valence-corrected chi connectivity index (χ1v) is 10.6. The molecule has 29 heavy (non-hydrogen) atoms. The normalized spacial score (nSPS) is 16.0. The first-order valence-electron chi connectivity index (χ1n) is 9.41. The van der Waals surface area contributed by atoms with Crippen molar-refractivity contribution in [3.05, 3.63) is 75.6 Å². The lowest BCUT2D eigenvalue weighted by atomic mass is 10.1. The molecule has 0 aliphatic carbocycles. The Balaban J connectivity index is 1.40. The van der Waals surface area contributed by atoms with E-state index in [0.29, 0.717) is 15.8 Å². The molecule has 0 spiro atoms. The molecule has 1 atom stereocenters. The van der Waals surface area contributed by atoms with Gasteiger partial charge in [-0.2, -0.15) is 0 Å². The molecule has 1 aliphatic rings. The zero-order chi connectivity index (χ0) is 20.2. The molecule has 1 aromatic carbocycles. The minimum Gasteiger partial charge on any atom is -0.468 e. The van der Waals surface area contributed by atoms with Crippen LogP contribution in [0.5, 0.6) is 0 Å². The van der Waals surface area contributed by atoms with E-state index in [1.165, 1.54) is 23.5 Å². The number of nitrogens with zero attached hydrogens (tertiary/aromatic N) is 2. The molecule has 152 valence electrons. The Morgan fingerprint density at radius 3 is 2.52 bits per heavy atom. The van der Waals surface area contributed by atoms with Gasteiger partial charge in [-0.15, -0.1) is 11.3 Å². The Bertz CT molecular complexity index is 937. The second-order valence-electron chi connectivity index (χ2n) is 6.84. The summed E-state index contributed by atoms with van der Waals surface area (Å²) in [4.78, 5) is 17.6. The summed E-state index contributed by atoms with van der Waals surface area (Å²) in [5.41, 5.74) is 1.02. The third kappa shape index (κ3) is 4.80. The van der Waals surface area contributed by atoms with Crippen LogP contribution in [0.25, 0.3) is 0 Å². The van der Waals surface area contributed by atoms with Gasteiger partial charge >= 0.3 is 0 Å². The van der Waals surface area contributed by atoms with E-state index in [0.717, 1.165) is 37.6 Å². The molecule has 1 aliphatic heterocycles. The molecule has 1 fully saturated rings. The predicted octanol–water partition coefficient (Wildman–Crippen LogP) is 4.43. The predicted molar refractivity (Wildman–Crippen MR) is 113 cm³/mol. The monoisotopic (exact) mass is 433 g/mol. The number of nitrogens with one attached hydrogen (secondary N) is 1. The largest absolute Gasteiger partial charge is 0.468 e. The molecule has 8 heteroatoms. The van der Waals surface area contributed by atoms with E-state index < -0.39 is 0 Å². The Morgan fingerprint density at radius 2 is 1.90 bits per heavy atom. The third-order valence-corrected chi connectivity index (χ3v) is 6.30. The second-order valence-corrected chi connectivity index (χ2v) is 8.56. The van der Waals surface area contributed by atoms with Crippen molar-refractivity contribution in [2.45, 2.75) is 6.04 Å². The smallest absolute Gasteiger partial charge is 0.261 e. The van der Waals surface area contributed by atoms with Gasteiger partial charge in [-0.25, -0.2) is 4.39 Å². The average molecular weight is 434 g/mol. The van der Waals surface area contributed by atoms with Crippen molar-refractivity contribution < 1.29 is 13.6 Å². The topological polar surface area (TPSA) is 48.7 Å². The molecule has 0 saturated carbocycles. The number of piperazine rings is 1. The maximum Gasteiger partial charge on any atom is 0.261 e. The van der Waals surface area contributed by atoms with Gasteiger partial charge < -0.3 is 14.6 Å². The van der Waals surface area contributed by atoms with E-state index in [4.69, 9.17) is 16.0 Å². The number of hydrogen-bond acceptors (Lipinski definition) is 5. The Kier molecular flexibility index (Phi) is 6.18. The molecule has 1 unspecified atom stereocenters. The molecule has 3 heterocycles. The standard InChI is InChI=1S/C21H21ClFN3O2S/c22-20-8-7-19(29-20)21(27)24-14-17(18-2-1-13-28-18)26-11-9-25(10-12-26)16-5-3-15(23)4-6-16/h1-8,13,17H,9-12,14H2,(H,24,27). The number of thiophene rings is 1. The van der Waals surface area contributed by atoms with Crippen LogP contribution in [0.4, 0.5) is 10.1 Å². The maximum atomic E-state index is 13.2. The fourth-order valence-electron chi connectivity index (χ4n) is 3.55. The summed E-state index contributed by atoms with van der Waals surface area (Å²) in [6.07, 6.45) is 1.65. The Hall–Kier alpha value is -2.35. The van der Waals surface area contributed by atoms with E-state index in [9.17, 15) is 9.18 Å². The lowest BCUT2D eigenvalue weighted by Gasteiger charge is -2.39. The lowest BCUT2D eigenvalue weighted by molar-refractivity contribution is 0.0927. The summed E-state index contributed by atoms with van der Waals surface area (Å²) in [5.74, 6) is 0.459. The number of hydrogen-bond donors (Lipinski definition) is 1. The van der Waals surface area contributed by atoms with Gasteiger partial charge in [0.25, 0.3) is 5.91 Å². The Morgan fingerprint density at radius 1 is 1.14 bits per heavy atom. The van der Waals surface area contributed by atoms with Crippen molar-refractivity contribution in [2.75, 3.05) is 37.6 Å². The van der Waals surface area contributed by atoms with Crippen molar-refractivity contribution in [1.29, 1.82) is 0 Å². The van der Waals surface area contributed by atoms with Crippen molar-refractivity contribution in [1.82, 2.24) is 10.2 Å².